The molecule has 1 saturated carbocycles. The molecule has 2 unspecified atom stereocenters. The highest BCUT2D eigenvalue weighted by molar-refractivity contribution is 6.03. The van der Waals surface area contributed by atoms with Crippen molar-refractivity contribution in [2.45, 2.75) is 6.42 Å². The van der Waals surface area contributed by atoms with E-state index < -0.39 is 52.6 Å². The van der Waals surface area contributed by atoms with Crippen LogP contribution in [0.1, 0.15) is 6.42 Å². The second-order valence-electron chi connectivity index (χ2n) is 5.66. The zero-order chi connectivity index (χ0) is 18.1. The van der Waals surface area contributed by atoms with Gasteiger partial charge in [0.25, 0.3) is 0 Å². The van der Waals surface area contributed by atoms with Gasteiger partial charge in [-0.15, -0.1) is 0 Å². The summed E-state index contributed by atoms with van der Waals surface area (Å²) in [5, 5.41) is 4.62. The Balaban J connectivity index is 1.60. The molecule has 0 saturated heterocycles. The lowest BCUT2D eigenvalue weighted by atomic mass is 10.2. The number of halogens is 4. The molecule has 130 valence electrons. The molecule has 2 amide bonds. The molecule has 0 aliphatic heterocycles. The van der Waals surface area contributed by atoms with E-state index in [-0.39, 0.29) is 12.1 Å². The molecule has 1 aliphatic carbocycles. The van der Waals surface area contributed by atoms with E-state index in [9.17, 15) is 27.2 Å². The molecule has 4 nitrogen and oxygen atoms in total. The first-order valence-electron chi connectivity index (χ1n) is 7.37. The fourth-order valence-electron chi connectivity index (χ4n) is 2.42. The Morgan fingerprint density at radius 1 is 0.880 bits per heavy atom. The predicted octanol–water partition coefficient (Wildman–Crippen LogP) is 3.46. The Morgan fingerprint density at radius 3 is 2.24 bits per heavy atom. The van der Waals surface area contributed by atoms with Crippen LogP contribution in [0.2, 0.25) is 0 Å². The first-order chi connectivity index (χ1) is 11.9. The first kappa shape index (κ1) is 16.9. The minimum absolute atomic E-state index is 0.221. The highest BCUT2D eigenvalue weighted by atomic mass is 19.2. The van der Waals surface area contributed by atoms with Crippen LogP contribution in [0.25, 0.3) is 0 Å². The van der Waals surface area contributed by atoms with Crippen molar-refractivity contribution in [1.29, 1.82) is 0 Å². The number of rotatable bonds is 4. The molecule has 2 atom stereocenters. The summed E-state index contributed by atoms with van der Waals surface area (Å²) in [7, 11) is 0. The summed E-state index contributed by atoms with van der Waals surface area (Å²) in [6.07, 6.45) is 0.221. The summed E-state index contributed by atoms with van der Waals surface area (Å²) in [6, 6.07) is 6.86. The second kappa shape index (κ2) is 6.54. The van der Waals surface area contributed by atoms with Gasteiger partial charge in [-0.3, -0.25) is 9.59 Å². The number of amides is 2. The Labute approximate surface area is 139 Å². The Morgan fingerprint density at radius 2 is 1.56 bits per heavy atom. The average molecular weight is 352 g/mol. The summed E-state index contributed by atoms with van der Waals surface area (Å²) in [5.74, 6) is -7.60. The molecule has 1 aliphatic rings. The van der Waals surface area contributed by atoms with Gasteiger partial charge in [0.05, 0.1) is 17.5 Å². The predicted molar refractivity (Wildman–Crippen MR) is 81.6 cm³/mol. The van der Waals surface area contributed by atoms with Crippen LogP contribution < -0.4 is 10.6 Å². The third-order valence-electron chi connectivity index (χ3n) is 3.85. The van der Waals surface area contributed by atoms with Crippen LogP contribution in [-0.2, 0) is 9.59 Å². The lowest BCUT2D eigenvalue weighted by molar-refractivity contribution is -0.122. The molecule has 8 heteroatoms. The van der Waals surface area contributed by atoms with Crippen molar-refractivity contribution >= 4 is 23.2 Å². The quantitative estimate of drug-likeness (QED) is 0.654. The van der Waals surface area contributed by atoms with Crippen LogP contribution in [0.3, 0.4) is 0 Å². The van der Waals surface area contributed by atoms with Crippen LogP contribution >= 0.6 is 0 Å². The summed E-state index contributed by atoms with van der Waals surface area (Å²) in [6.45, 7) is 0. The summed E-state index contributed by atoms with van der Waals surface area (Å²) >= 11 is 0. The number of anilines is 2. The third kappa shape index (κ3) is 3.62. The van der Waals surface area contributed by atoms with Crippen LogP contribution in [0.4, 0.5) is 28.9 Å². The lowest BCUT2D eigenvalue weighted by Crippen LogP contribution is -2.21. The van der Waals surface area contributed by atoms with E-state index in [0.717, 1.165) is 12.1 Å². The fourth-order valence-corrected chi connectivity index (χ4v) is 2.42. The van der Waals surface area contributed by atoms with E-state index in [4.69, 9.17) is 0 Å². The molecule has 0 bridgehead atoms. The van der Waals surface area contributed by atoms with E-state index >= 15 is 0 Å². The molecule has 0 spiro atoms. The smallest absolute Gasteiger partial charge is 0.228 e. The zero-order valence-corrected chi connectivity index (χ0v) is 12.7. The molecular weight excluding hydrogens is 340 g/mol. The Bertz CT molecular complexity index is 857. The van der Waals surface area contributed by atoms with Crippen molar-refractivity contribution < 1.29 is 27.2 Å². The minimum Gasteiger partial charge on any atom is -0.326 e. The maximum absolute atomic E-state index is 13.5. The van der Waals surface area contributed by atoms with Crippen LogP contribution in [-0.4, -0.2) is 11.8 Å². The zero-order valence-electron chi connectivity index (χ0n) is 12.7. The molecule has 2 aromatic rings. The van der Waals surface area contributed by atoms with Gasteiger partial charge in [0.1, 0.15) is 5.82 Å². The van der Waals surface area contributed by atoms with Gasteiger partial charge in [-0.25, -0.2) is 17.6 Å². The SMILES string of the molecule is O=C(Nc1cccc(F)c1)C1CC1C(=O)Nc1ccc(F)c(F)c1F. The molecule has 25 heavy (non-hydrogen) atoms. The van der Waals surface area contributed by atoms with Crippen molar-refractivity contribution in [3.05, 3.63) is 59.7 Å². The van der Waals surface area contributed by atoms with E-state index in [0.29, 0.717) is 6.07 Å². The van der Waals surface area contributed by atoms with E-state index in [1.165, 1.54) is 18.2 Å². The standard InChI is InChI=1S/C17H12F4N2O2/c18-8-2-1-3-9(6-8)22-16(24)10-7-11(10)17(25)23-13-5-4-12(19)14(20)15(13)21/h1-6,10-11H,7H2,(H,22,24)(H,23,25). The highest BCUT2D eigenvalue weighted by Gasteiger charge is 2.48. The highest BCUT2D eigenvalue weighted by Crippen LogP contribution is 2.40. The molecule has 1 fully saturated rings. The van der Waals surface area contributed by atoms with Gasteiger partial charge in [-0.2, -0.15) is 0 Å². The van der Waals surface area contributed by atoms with Gasteiger partial charge in [-0.1, -0.05) is 6.07 Å². The van der Waals surface area contributed by atoms with Crippen molar-refractivity contribution in [3.8, 4) is 0 Å². The van der Waals surface area contributed by atoms with Gasteiger partial charge >= 0.3 is 0 Å². The molecule has 3 rings (SSSR count). The van der Waals surface area contributed by atoms with E-state index in [1.807, 2.05) is 0 Å². The average Bonchev–Trinajstić information content (AvgIpc) is 3.36. The van der Waals surface area contributed by atoms with Gasteiger partial charge in [0, 0.05) is 5.69 Å². The topological polar surface area (TPSA) is 58.2 Å². The van der Waals surface area contributed by atoms with Crippen LogP contribution in [0.5, 0.6) is 0 Å². The van der Waals surface area contributed by atoms with E-state index in [1.54, 1.807) is 0 Å². The van der Waals surface area contributed by atoms with Crippen LogP contribution in [0, 0.1) is 35.1 Å². The largest absolute Gasteiger partial charge is 0.326 e. The summed E-state index contributed by atoms with van der Waals surface area (Å²) < 4.78 is 52.6. The normalized spacial score (nSPS) is 18.6. The van der Waals surface area contributed by atoms with Gasteiger partial charge in [0.2, 0.25) is 11.8 Å². The maximum Gasteiger partial charge on any atom is 0.228 e. The molecule has 0 radical (unpaired) electrons. The Hall–Kier alpha value is -2.90. The molecular formula is C17H12F4N2O2. The maximum atomic E-state index is 13.5. The lowest BCUT2D eigenvalue weighted by Gasteiger charge is -2.08. The third-order valence-corrected chi connectivity index (χ3v) is 3.85. The fraction of sp³-hybridized carbons (Fsp3) is 0.176. The second-order valence-corrected chi connectivity index (χ2v) is 5.66. The number of hydrogen-bond donors (Lipinski definition) is 2. The van der Waals surface area contributed by atoms with Crippen molar-refractivity contribution in [1.82, 2.24) is 0 Å². The number of carbonyl (C=O) groups is 2. The number of hydrogen-bond acceptors (Lipinski definition) is 2. The van der Waals surface area contributed by atoms with Crippen LogP contribution in [0.15, 0.2) is 36.4 Å². The van der Waals surface area contributed by atoms with Crippen molar-refractivity contribution in [2.24, 2.45) is 11.8 Å². The number of carbonyl (C=O) groups excluding carboxylic acids is 2. The van der Waals surface area contributed by atoms with Crippen molar-refractivity contribution in [2.75, 3.05) is 10.6 Å². The van der Waals surface area contributed by atoms with Crippen molar-refractivity contribution in [3.63, 3.8) is 0 Å². The van der Waals surface area contributed by atoms with Gasteiger partial charge in [-0.05, 0) is 36.8 Å². The minimum atomic E-state index is -1.69. The number of benzene rings is 2. The van der Waals surface area contributed by atoms with Gasteiger partial charge < -0.3 is 10.6 Å². The van der Waals surface area contributed by atoms with Gasteiger partial charge in [0.15, 0.2) is 17.5 Å². The molecule has 2 aromatic carbocycles. The first-order valence-corrected chi connectivity index (χ1v) is 7.37. The molecule has 2 N–H and O–H groups in total. The molecule has 0 heterocycles. The molecule has 0 aromatic heterocycles. The monoisotopic (exact) mass is 352 g/mol. The summed E-state index contributed by atoms with van der Waals surface area (Å²) in [5.41, 5.74) is -0.247. The summed E-state index contributed by atoms with van der Waals surface area (Å²) in [4.78, 5) is 24.0. The Kier molecular flexibility index (Phi) is 4.43. The van der Waals surface area contributed by atoms with E-state index in [2.05, 4.69) is 10.6 Å². The number of nitrogens with one attached hydrogen (secondary N) is 2.